The maximum Gasteiger partial charge on any atom is 0.106 e. The van der Waals surface area contributed by atoms with Crippen molar-refractivity contribution in [3.05, 3.63) is 53.6 Å². The molecule has 1 atom stereocenters. The lowest BCUT2D eigenvalue weighted by Gasteiger charge is -2.37. The molecule has 1 fully saturated rings. The molecular formula is C22H34N4. The fourth-order valence-electron chi connectivity index (χ4n) is 3.87. The van der Waals surface area contributed by atoms with E-state index in [1.54, 1.807) is 0 Å². The van der Waals surface area contributed by atoms with Crippen LogP contribution >= 0.6 is 0 Å². The molecule has 1 saturated heterocycles. The fraction of sp³-hybridized carbons (Fsp3) is 0.591. The van der Waals surface area contributed by atoms with Gasteiger partial charge in [0.1, 0.15) is 5.82 Å². The Kier molecular flexibility index (Phi) is 7.27. The molecule has 0 spiro atoms. The maximum absolute atomic E-state index is 4.54. The van der Waals surface area contributed by atoms with Crippen LogP contribution in [-0.4, -0.2) is 52.5 Å². The molecular weight excluding hydrogens is 320 g/mol. The third-order valence-electron chi connectivity index (χ3n) is 5.54. The third-order valence-corrected chi connectivity index (χ3v) is 5.54. The molecule has 2 aromatic rings. The number of imidazole rings is 1. The fourth-order valence-corrected chi connectivity index (χ4v) is 3.87. The zero-order valence-electron chi connectivity index (χ0n) is 16.5. The molecule has 1 N–H and O–H groups in total. The number of H-pyrrole nitrogens is 1. The average molecular weight is 355 g/mol. The van der Waals surface area contributed by atoms with Gasteiger partial charge in [-0.05, 0) is 44.8 Å². The molecule has 1 aliphatic heterocycles. The summed E-state index contributed by atoms with van der Waals surface area (Å²) >= 11 is 0. The largest absolute Gasteiger partial charge is 0.345 e. The van der Waals surface area contributed by atoms with Crippen LogP contribution in [0.5, 0.6) is 0 Å². The predicted octanol–water partition coefficient (Wildman–Crippen LogP) is 3.89. The Morgan fingerprint density at radius 2 is 2.08 bits per heavy atom. The average Bonchev–Trinajstić information content (AvgIpc) is 3.12. The van der Waals surface area contributed by atoms with Crippen LogP contribution in [0.2, 0.25) is 0 Å². The number of nitrogens with zero attached hydrogens (tertiary/aromatic N) is 3. The Labute approximate surface area is 158 Å². The lowest BCUT2D eigenvalue weighted by Crippen LogP contribution is -2.46. The van der Waals surface area contributed by atoms with Crippen molar-refractivity contribution in [2.24, 2.45) is 0 Å². The van der Waals surface area contributed by atoms with Crippen molar-refractivity contribution in [3.8, 4) is 0 Å². The molecule has 0 aliphatic carbocycles. The van der Waals surface area contributed by atoms with Crippen LogP contribution in [0.15, 0.2) is 36.5 Å². The quantitative estimate of drug-likeness (QED) is 0.742. The summed E-state index contributed by atoms with van der Waals surface area (Å²) in [6.45, 7) is 6.73. The van der Waals surface area contributed by atoms with Gasteiger partial charge in [-0.2, -0.15) is 0 Å². The molecule has 4 nitrogen and oxygen atoms in total. The second kappa shape index (κ2) is 9.89. The third kappa shape index (κ3) is 5.68. The van der Waals surface area contributed by atoms with Gasteiger partial charge in [0.15, 0.2) is 0 Å². The number of aromatic nitrogens is 2. The summed E-state index contributed by atoms with van der Waals surface area (Å²) in [6, 6.07) is 11.5. The number of benzene rings is 1. The summed E-state index contributed by atoms with van der Waals surface area (Å²) in [7, 11) is 2.29. The van der Waals surface area contributed by atoms with Crippen molar-refractivity contribution in [2.45, 2.75) is 58.0 Å². The zero-order valence-corrected chi connectivity index (χ0v) is 16.5. The highest BCUT2D eigenvalue weighted by Gasteiger charge is 2.23. The lowest BCUT2D eigenvalue weighted by molar-refractivity contribution is 0.111. The van der Waals surface area contributed by atoms with Gasteiger partial charge >= 0.3 is 0 Å². The van der Waals surface area contributed by atoms with Crippen molar-refractivity contribution in [1.82, 2.24) is 19.8 Å². The molecule has 0 amide bonds. The van der Waals surface area contributed by atoms with Crippen molar-refractivity contribution in [3.63, 3.8) is 0 Å². The van der Waals surface area contributed by atoms with Crippen LogP contribution in [0.1, 0.15) is 49.7 Å². The van der Waals surface area contributed by atoms with E-state index in [0.29, 0.717) is 6.04 Å². The molecule has 0 unspecified atom stereocenters. The van der Waals surface area contributed by atoms with Crippen LogP contribution in [0.25, 0.3) is 0 Å². The summed E-state index contributed by atoms with van der Waals surface area (Å²) in [5, 5.41) is 0. The van der Waals surface area contributed by atoms with Crippen LogP contribution < -0.4 is 0 Å². The molecule has 0 bridgehead atoms. The molecule has 1 aliphatic rings. The molecule has 26 heavy (non-hydrogen) atoms. The van der Waals surface area contributed by atoms with E-state index in [9.17, 15) is 0 Å². The van der Waals surface area contributed by atoms with Gasteiger partial charge in [-0.25, -0.2) is 4.98 Å². The van der Waals surface area contributed by atoms with Gasteiger partial charge in [-0.15, -0.1) is 0 Å². The van der Waals surface area contributed by atoms with Gasteiger partial charge in [0.05, 0.1) is 0 Å². The summed E-state index contributed by atoms with van der Waals surface area (Å²) in [6.07, 6.45) is 9.28. The molecule has 3 rings (SSSR count). The molecule has 1 aromatic heterocycles. The highest BCUT2D eigenvalue weighted by molar-refractivity contribution is 5.14. The minimum absolute atomic E-state index is 0.662. The second-order valence-electron chi connectivity index (χ2n) is 7.71. The van der Waals surface area contributed by atoms with Crippen LogP contribution in [-0.2, 0) is 19.4 Å². The van der Waals surface area contributed by atoms with E-state index >= 15 is 0 Å². The first-order chi connectivity index (χ1) is 12.7. The number of hydrogen-bond donors (Lipinski definition) is 1. The van der Waals surface area contributed by atoms with Crippen LogP contribution in [0.3, 0.4) is 0 Å². The van der Waals surface area contributed by atoms with Gasteiger partial charge in [-0.3, -0.25) is 4.90 Å². The van der Waals surface area contributed by atoms with Crippen molar-refractivity contribution < 1.29 is 0 Å². The first kappa shape index (κ1) is 19.1. The normalized spacial score (nSPS) is 18.5. The topological polar surface area (TPSA) is 35.2 Å². The first-order valence-electron chi connectivity index (χ1n) is 10.2. The van der Waals surface area contributed by atoms with Crippen molar-refractivity contribution >= 4 is 0 Å². The Morgan fingerprint density at radius 1 is 1.23 bits per heavy atom. The van der Waals surface area contributed by atoms with Gasteiger partial charge in [-0.1, -0.05) is 43.7 Å². The summed E-state index contributed by atoms with van der Waals surface area (Å²) in [4.78, 5) is 13.2. The van der Waals surface area contributed by atoms with E-state index < -0.39 is 0 Å². The number of likely N-dealkylation sites (N-methyl/N-ethyl adjacent to an activating group) is 1. The number of nitrogens with one attached hydrogen (secondary N) is 1. The standard InChI is InChI=1S/C22H34N4/c1-3-4-12-22-23-16-20(24-22)17-26-14-8-11-21(18-26)25(2)15-13-19-9-6-5-7-10-19/h5-7,9-10,16,21H,3-4,8,11-15,17-18H2,1-2H3,(H,23,24)/t21-/m0/s1. The predicted molar refractivity (Wildman–Crippen MR) is 108 cm³/mol. The van der Waals surface area contributed by atoms with Gasteiger partial charge < -0.3 is 9.88 Å². The minimum Gasteiger partial charge on any atom is -0.345 e. The highest BCUT2D eigenvalue weighted by atomic mass is 15.2. The Hall–Kier alpha value is -1.65. The first-order valence-corrected chi connectivity index (χ1v) is 10.2. The van der Waals surface area contributed by atoms with Gasteiger partial charge in [0, 0.05) is 44.0 Å². The molecule has 0 radical (unpaired) electrons. The van der Waals surface area contributed by atoms with Crippen molar-refractivity contribution in [1.29, 1.82) is 0 Å². The smallest absolute Gasteiger partial charge is 0.106 e. The number of unbranched alkanes of at least 4 members (excludes halogenated alkanes) is 1. The number of aromatic amines is 1. The minimum atomic E-state index is 0.662. The maximum atomic E-state index is 4.54. The van der Waals surface area contributed by atoms with E-state index in [1.807, 2.05) is 6.20 Å². The Bertz CT molecular complexity index is 637. The molecule has 142 valence electrons. The van der Waals surface area contributed by atoms with Gasteiger partial charge in [0.2, 0.25) is 0 Å². The number of rotatable bonds is 9. The van der Waals surface area contributed by atoms with Crippen molar-refractivity contribution in [2.75, 3.05) is 26.7 Å². The SMILES string of the molecule is CCCCc1ncc(CN2CCC[C@H](N(C)CCc3ccccc3)C2)[nH]1. The zero-order chi connectivity index (χ0) is 18.2. The summed E-state index contributed by atoms with van der Waals surface area (Å²) < 4.78 is 0. The molecule has 1 aromatic carbocycles. The van der Waals surface area contributed by atoms with E-state index in [-0.39, 0.29) is 0 Å². The molecule has 2 heterocycles. The van der Waals surface area contributed by atoms with Crippen LogP contribution in [0, 0.1) is 0 Å². The summed E-state index contributed by atoms with van der Waals surface area (Å²) in [5.74, 6) is 1.15. The van der Waals surface area contributed by atoms with E-state index in [4.69, 9.17) is 0 Å². The number of piperidine rings is 1. The highest BCUT2D eigenvalue weighted by Crippen LogP contribution is 2.17. The second-order valence-corrected chi connectivity index (χ2v) is 7.71. The number of likely N-dealkylation sites (tertiary alicyclic amines) is 1. The van der Waals surface area contributed by atoms with E-state index in [0.717, 1.165) is 38.3 Å². The number of aryl methyl sites for hydroxylation is 1. The van der Waals surface area contributed by atoms with E-state index in [2.05, 4.69) is 64.1 Å². The lowest BCUT2D eigenvalue weighted by atomic mass is 10.0. The van der Waals surface area contributed by atoms with Crippen LogP contribution in [0.4, 0.5) is 0 Å². The molecule has 4 heteroatoms. The van der Waals surface area contributed by atoms with E-state index in [1.165, 1.54) is 43.5 Å². The Morgan fingerprint density at radius 3 is 2.88 bits per heavy atom. The monoisotopic (exact) mass is 354 g/mol. The summed E-state index contributed by atoms with van der Waals surface area (Å²) in [5.41, 5.74) is 2.70. The number of hydrogen-bond acceptors (Lipinski definition) is 3. The molecule has 0 saturated carbocycles. The van der Waals surface area contributed by atoms with Gasteiger partial charge in [0.25, 0.3) is 0 Å². The Balaban J connectivity index is 1.46.